The van der Waals surface area contributed by atoms with Crippen LogP contribution in [0.4, 0.5) is 5.69 Å². The molecule has 232 valence electrons. The predicted octanol–water partition coefficient (Wildman–Crippen LogP) is 6.88. The minimum atomic E-state index is -4.30. The Balaban J connectivity index is 2.12. The third kappa shape index (κ3) is 8.79. The molecule has 1 unspecified atom stereocenters. The van der Waals surface area contributed by atoms with Gasteiger partial charge in [0.2, 0.25) is 11.8 Å². The van der Waals surface area contributed by atoms with E-state index in [0.29, 0.717) is 22.2 Å². The second-order valence-corrected chi connectivity index (χ2v) is 13.1. The zero-order valence-electron chi connectivity index (χ0n) is 24.6. The lowest BCUT2D eigenvalue weighted by Gasteiger charge is -2.33. The molecule has 0 saturated carbocycles. The van der Waals surface area contributed by atoms with Gasteiger partial charge in [-0.2, -0.15) is 0 Å². The first kappa shape index (κ1) is 34.5. The fourth-order valence-electron chi connectivity index (χ4n) is 4.47. The Morgan fingerprint density at radius 1 is 0.953 bits per heavy atom. The van der Waals surface area contributed by atoms with Gasteiger partial charge in [-0.3, -0.25) is 13.9 Å². The summed E-state index contributed by atoms with van der Waals surface area (Å²) in [6.07, 6.45) is 1.95. The molecule has 43 heavy (non-hydrogen) atoms. The number of anilines is 1. The summed E-state index contributed by atoms with van der Waals surface area (Å²) < 4.78 is 34.7. The van der Waals surface area contributed by atoms with Crippen molar-refractivity contribution in [3.63, 3.8) is 0 Å². The molecule has 1 atom stereocenters. The number of methoxy groups -OCH3 is 1. The van der Waals surface area contributed by atoms with Crippen LogP contribution in [0.1, 0.15) is 44.2 Å². The van der Waals surface area contributed by atoms with Crippen LogP contribution >= 0.6 is 34.8 Å². The molecule has 3 aromatic carbocycles. The van der Waals surface area contributed by atoms with Gasteiger partial charge < -0.3 is 15.0 Å². The van der Waals surface area contributed by atoms with Gasteiger partial charge in [0.25, 0.3) is 10.0 Å². The molecule has 2 amide bonds. The van der Waals surface area contributed by atoms with E-state index in [1.165, 1.54) is 36.3 Å². The quantitative estimate of drug-likeness (QED) is 0.189. The summed E-state index contributed by atoms with van der Waals surface area (Å²) in [5, 5.41) is 3.79. The van der Waals surface area contributed by atoms with Crippen molar-refractivity contribution < 1.29 is 22.7 Å². The fourth-order valence-corrected chi connectivity index (χ4v) is 6.37. The second-order valence-electron chi connectivity index (χ2n) is 9.98. The molecule has 0 fully saturated rings. The Hall–Kier alpha value is -2.98. The van der Waals surface area contributed by atoms with Crippen molar-refractivity contribution in [1.29, 1.82) is 0 Å². The van der Waals surface area contributed by atoms with Crippen molar-refractivity contribution in [3.05, 3.63) is 86.9 Å². The third-order valence-electron chi connectivity index (χ3n) is 6.85. The lowest BCUT2D eigenvalue weighted by atomic mass is 10.1. The Kier molecular flexibility index (Phi) is 12.6. The normalized spacial score (nSPS) is 12.0. The van der Waals surface area contributed by atoms with E-state index in [0.717, 1.165) is 22.7 Å². The largest absolute Gasteiger partial charge is 0.495 e. The Morgan fingerprint density at radius 2 is 1.65 bits per heavy atom. The van der Waals surface area contributed by atoms with Gasteiger partial charge in [0.15, 0.2) is 0 Å². The molecule has 3 aromatic rings. The van der Waals surface area contributed by atoms with E-state index in [-0.39, 0.29) is 40.2 Å². The summed E-state index contributed by atoms with van der Waals surface area (Å²) in [4.78, 5) is 28.9. The summed E-state index contributed by atoms with van der Waals surface area (Å²) >= 11 is 18.7. The van der Waals surface area contributed by atoms with Gasteiger partial charge in [0.1, 0.15) is 18.3 Å². The topological polar surface area (TPSA) is 96.0 Å². The highest BCUT2D eigenvalue weighted by atomic mass is 35.5. The van der Waals surface area contributed by atoms with Gasteiger partial charge >= 0.3 is 0 Å². The second kappa shape index (κ2) is 15.7. The molecule has 0 aromatic heterocycles. The number of hydrogen-bond acceptors (Lipinski definition) is 5. The van der Waals surface area contributed by atoms with E-state index in [9.17, 15) is 18.0 Å². The van der Waals surface area contributed by atoms with Crippen LogP contribution in [0.15, 0.2) is 65.6 Å². The van der Waals surface area contributed by atoms with Crippen LogP contribution in [-0.2, 0) is 26.2 Å². The van der Waals surface area contributed by atoms with Crippen molar-refractivity contribution in [2.45, 2.75) is 57.5 Å². The number of hydrogen-bond donors (Lipinski definition) is 1. The molecule has 0 heterocycles. The fraction of sp³-hybridized carbons (Fsp3) is 0.355. The molecular formula is C31H36Cl3N3O5S. The minimum Gasteiger partial charge on any atom is -0.495 e. The van der Waals surface area contributed by atoms with Gasteiger partial charge in [0.05, 0.1) is 27.7 Å². The van der Waals surface area contributed by atoms with Crippen molar-refractivity contribution in [2.24, 2.45) is 0 Å². The van der Waals surface area contributed by atoms with Crippen LogP contribution < -0.4 is 14.4 Å². The number of nitrogens with zero attached hydrogens (tertiary/aromatic N) is 2. The third-order valence-corrected chi connectivity index (χ3v) is 9.60. The van der Waals surface area contributed by atoms with Crippen LogP contribution in [0.25, 0.3) is 0 Å². The van der Waals surface area contributed by atoms with E-state index in [1.807, 2.05) is 13.8 Å². The summed E-state index contributed by atoms with van der Waals surface area (Å²) in [5.41, 5.74) is 1.57. The minimum absolute atomic E-state index is 0.0134. The summed E-state index contributed by atoms with van der Waals surface area (Å²) in [5.74, 6) is -0.743. The number of amides is 2. The number of aryl methyl sites for hydroxylation is 1. The van der Waals surface area contributed by atoms with Crippen LogP contribution in [0, 0.1) is 6.92 Å². The van der Waals surface area contributed by atoms with Crippen LogP contribution in [-0.4, -0.2) is 51.4 Å². The van der Waals surface area contributed by atoms with Gasteiger partial charge in [-0.15, -0.1) is 0 Å². The number of carbonyl (C=O) groups excluding carboxylic acids is 2. The predicted molar refractivity (Wildman–Crippen MR) is 173 cm³/mol. The van der Waals surface area contributed by atoms with Gasteiger partial charge in [-0.1, -0.05) is 78.8 Å². The Morgan fingerprint density at radius 3 is 2.26 bits per heavy atom. The smallest absolute Gasteiger partial charge is 0.264 e. The van der Waals surface area contributed by atoms with E-state index in [1.54, 1.807) is 43.3 Å². The highest BCUT2D eigenvalue weighted by Gasteiger charge is 2.35. The van der Waals surface area contributed by atoms with Crippen molar-refractivity contribution in [3.8, 4) is 5.75 Å². The maximum absolute atomic E-state index is 14.2. The number of sulfonamides is 1. The molecule has 8 nitrogen and oxygen atoms in total. The van der Waals surface area contributed by atoms with Crippen LogP contribution in [0.5, 0.6) is 5.75 Å². The zero-order chi connectivity index (χ0) is 31.7. The number of halogens is 3. The maximum atomic E-state index is 14.2. The van der Waals surface area contributed by atoms with Crippen molar-refractivity contribution in [2.75, 3.05) is 24.5 Å². The number of unbranched alkanes of at least 4 members (excludes halogenated alkanes) is 1. The molecular weight excluding hydrogens is 633 g/mol. The van der Waals surface area contributed by atoms with Gasteiger partial charge in [-0.25, -0.2) is 8.42 Å². The number of benzene rings is 3. The number of rotatable bonds is 14. The lowest BCUT2D eigenvalue weighted by molar-refractivity contribution is -0.140. The molecule has 1 N–H and O–H groups in total. The molecule has 0 radical (unpaired) electrons. The van der Waals surface area contributed by atoms with Crippen molar-refractivity contribution >= 4 is 62.3 Å². The molecule has 0 spiro atoms. The van der Waals surface area contributed by atoms with Crippen LogP contribution in [0.3, 0.4) is 0 Å². The average Bonchev–Trinajstić information content (AvgIpc) is 2.97. The number of nitrogens with one attached hydrogen (secondary N) is 1. The monoisotopic (exact) mass is 667 g/mol. The molecule has 0 aliphatic heterocycles. The molecule has 0 aliphatic carbocycles. The standard InChI is InChI=1S/C31H36Cl3N3O5S/c1-5-7-16-35-31(39)27(6-2)36(19-22-10-14-25(33)26(34)17-22)30(38)20-37(28-18-23(32)11-15-29(28)42-4)43(40,41)24-12-8-21(3)9-13-24/h8-15,17-18,27H,5-7,16,19-20H2,1-4H3,(H,35,39). The lowest BCUT2D eigenvalue weighted by Crippen LogP contribution is -2.52. The first-order valence-electron chi connectivity index (χ1n) is 13.9. The first-order valence-corrected chi connectivity index (χ1v) is 16.4. The summed E-state index contributed by atoms with van der Waals surface area (Å²) in [6.45, 7) is 5.45. The molecule has 0 bridgehead atoms. The van der Waals surface area contributed by atoms with Gasteiger partial charge in [0, 0.05) is 18.1 Å². The highest BCUT2D eigenvalue weighted by Crippen LogP contribution is 2.35. The summed E-state index contributed by atoms with van der Waals surface area (Å²) in [7, 11) is -2.90. The molecule has 0 aliphatic rings. The SMILES string of the molecule is CCCCNC(=O)C(CC)N(Cc1ccc(Cl)c(Cl)c1)C(=O)CN(c1cc(Cl)ccc1OC)S(=O)(=O)c1ccc(C)cc1. The highest BCUT2D eigenvalue weighted by molar-refractivity contribution is 7.92. The van der Waals surface area contributed by atoms with Crippen LogP contribution in [0.2, 0.25) is 15.1 Å². The first-order chi connectivity index (χ1) is 20.4. The summed E-state index contributed by atoms with van der Waals surface area (Å²) in [6, 6.07) is 14.9. The number of ether oxygens (including phenoxy) is 1. The molecule has 0 saturated heterocycles. The molecule has 3 rings (SSSR count). The molecule has 12 heteroatoms. The zero-order valence-corrected chi connectivity index (χ0v) is 27.7. The van der Waals surface area contributed by atoms with Gasteiger partial charge in [-0.05, 0) is 67.8 Å². The Labute approximate surface area is 268 Å². The maximum Gasteiger partial charge on any atom is 0.264 e. The van der Waals surface area contributed by atoms with E-state index < -0.39 is 28.5 Å². The van der Waals surface area contributed by atoms with E-state index >= 15 is 0 Å². The van der Waals surface area contributed by atoms with Crippen molar-refractivity contribution in [1.82, 2.24) is 10.2 Å². The van der Waals surface area contributed by atoms with E-state index in [2.05, 4.69) is 5.32 Å². The average molecular weight is 669 g/mol. The Bertz CT molecular complexity index is 1530. The van der Waals surface area contributed by atoms with E-state index in [4.69, 9.17) is 39.5 Å². The number of carbonyl (C=O) groups is 2.